The number of halogens is 1. The van der Waals surface area contributed by atoms with Crippen LogP contribution in [0.2, 0.25) is 0 Å². The van der Waals surface area contributed by atoms with E-state index in [2.05, 4.69) is 5.32 Å². The number of hydrogen-bond acceptors (Lipinski definition) is 4. The number of nitrogens with zero attached hydrogens (tertiary/aromatic N) is 1. The van der Waals surface area contributed by atoms with Crippen molar-refractivity contribution in [3.8, 4) is 17.6 Å². The molecule has 1 N–H and O–H groups in total. The van der Waals surface area contributed by atoms with E-state index in [9.17, 15) is 14.4 Å². The fourth-order valence-electron chi connectivity index (χ4n) is 2.97. The van der Waals surface area contributed by atoms with Crippen LogP contribution in [0.1, 0.15) is 22.3 Å². The monoisotopic (exact) mass is 430 g/mol. The lowest BCUT2D eigenvalue weighted by atomic mass is 10.1. The fraction of sp³-hybridized carbons (Fsp3) is 0.154. The lowest BCUT2D eigenvalue weighted by Crippen LogP contribution is -2.13. The lowest BCUT2D eigenvalue weighted by Gasteiger charge is -2.12. The number of carbonyl (C=O) groups is 1. The Morgan fingerprint density at radius 2 is 1.78 bits per heavy atom. The Kier molecular flexibility index (Phi) is 7.25. The van der Waals surface area contributed by atoms with E-state index in [4.69, 9.17) is 9.47 Å². The van der Waals surface area contributed by atoms with Gasteiger partial charge in [-0.25, -0.2) is 4.39 Å². The van der Waals surface area contributed by atoms with Gasteiger partial charge in [0.15, 0.2) is 11.5 Å². The highest BCUT2D eigenvalue weighted by atomic mass is 19.1. The predicted octanol–water partition coefficient (Wildman–Crippen LogP) is 5.58. The van der Waals surface area contributed by atoms with Gasteiger partial charge in [-0.15, -0.1) is 0 Å². The molecule has 1 amide bonds. The second-order valence-corrected chi connectivity index (χ2v) is 7.25. The van der Waals surface area contributed by atoms with Gasteiger partial charge >= 0.3 is 0 Å². The van der Waals surface area contributed by atoms with Crippen LogP contribution in [-0.4, -0.2) is 13.0 Å². The van der Waals surface area contributed by atoms with Crippen LogP contribution >= 0.6 is 0 Å². The van der Waals surface area contributed by atoms with Crippen LogP contribution in [0, 0.1) is 31.0 Å². The van der Waals surface area contributed by atoms with Gasteiger partial charge in [0.1, 0.15) is 24.1 Å². The van der Waals surface area contributed by atoms with Crippen molar-refractivity contribution in [2.45, 2.75) is 20.5 Å². The zero-order valence-corrected chi connectivity index (χ0v) is 18.1. The van der Waals surface area contributed by atoms with Crippen LogP contribution in [0.3, 0.4) is 0 Å². The van der Waals surface area contributed by atoms with Gasteiger partial charge in [0.05, 0.1) is 7.11 Å². The summed E-state index contributed by atoms with van der Waals surface area (Å²) in [5, 5.41) is 12.2. The Morgan fingerprint density at radius 3 is 2.44 bits per heavy atom. The molecule has 0 unspecified atom stereocenters. The number of aryl methyl sites for hydroxylation is 2. The maximum Gasteiger partial charge on any atom is 0.266 e. The summed E-state index contributed by atoms with van der Waals surface area (Å²) >= 11 is 0. The molecule has 5 nitrogen and oxygen atoms in total. The maximum atomic E-state index is 13.0. The SMILES string of the molecule is COc1cc(/C=C(\C#N)C(=O)Nc2ccc(C)c(C)c2)ccc1OCc1ccc(F)cc1. The molecule has 3 rings (SSSR count). The molecule has 0 atom stereocenters. The highest BCUT2D eigenvalue weighted by molar-refractivity contribution is 6.09. The molecule has 0 fully saturated rings. The fourth-order valence-corrected chi connectivity index (χ4v) is 2.97. The molecule has 0 saturated carbocycles. The summed E-state index contributed by atoms with van der Waals surface area (Å²) in [7, 11) is 1.51. The summed E-state index contributed by atoms with van der Waals surface area (Å²) < 4.78 is 24.2. The van der Waals surface area contributed by atoms with Gasteiger partial charge in [-0.3, -0.25) is 4.79 Å². The number of benzene rings is 3. The van der Waals surface area contributed by atoms with Gasteiger partial charge in [0.25, 0.3) is 5.91 Å². The lowest BCUT2D eigenvalue weighted by molar-refractivity contribution is -0.112. The van der Waals surface area contributed by atoms with E-state index in [0.717, 1.165) is 16.7 Å². The molecule has 3 aromatic carbocycles. The van der Waals surface area contributed by atoms with Gasteiger partial charge in [-0.05, 0) is 78.6 Å². The van der Waals surface area contributed by atoms with E-state index in [1.54, 1.807) is 36.4 Å². The van der Waals surface area contributed by atoms with Crippen molar-refractivity contribution in [3.63, 3.8) is 0 Å². The minimum absolute atomic E-state index is 0.0368. The van der Waals surface area contributed by atoms with Crippen LogP contribution in [0.15, 0.2) is 66.2 Å². The summed E-state index contributed by atoms with van der Waals surface area (Å²) in [6.07, 6.45) is 1.49. The van der Waals surface area contributed by atoms with Crippen molar-refractivity contribution in [2.24, 2.45) is 0 Å². The van der Waals surface area contributed by atoms with Crippen LogP contribution in [0.4, 0.5) is 10.1 Å². The van der Waals surface area contributed by atoms with Crippen LogP contribution < -0.4 is 14.8 Å². The molecular formula is C26H23FN2O3. The minimum atomic E-state index is -0.494. The average Bonchev–Trinajstić information content (AvgIpc) is 2.79. The number of nitriles is 1. The van der Waals surface area contributed by atoms with E-state index in [1.165, 1.54) is 25.3 Å². The number of methoxy groups -OCH3 is 1. The first-order chi connectivity index (χ1) is 15.4. The van der Waals surface area contributed by atoms with Crippen LogP contribution in [0.25, 0.3) is 6.08 Å². The molecule has 0 heterocycles. The zero-order chi connectivity index (χ0) is 23.1. The highest BCUT2D eigenvalue weighted by Crippen LogP contribution is 2.30. The summed E-state index contributed by atoms with van der Waals surface area (Å²) in [4.78, 5) is 12.6. The third kappa shape index (κ3) is 5.73. The molecule has 3 aromatic rings. The van der Waals surface area contributed by atoms with Crippen molar-refractivity contribution in [2.75, 3.05) is 12.4 Å². The van der Waals surface area contributed by atoms with Crippen molar-refractivity contribution in [3.05, 3.63) is 94.3 Å². The van der Waals surface area contributed by atoms with Gasteiger partial charge in [-0.2, -0.15) is 5.26 Å². The molecule has 0 aliphatic rings. The number of anilines is 1. The summed E-state index contributed by atoms with van der Waals surface area (Å²) in [6.45, 7) is 4.19. The molecular weight excluding hydrogens is 407 g/mol. The number of rotatable bonds is 7. The van der Waals surface area contributed by atoms with Crippen LogP contribution in [-0.2, 0) is 11.4 Å². The first-order valence-corrected chi connectivity index (χ1v) is 9.95. The molecule has 162 valence electrons. The van der Waals surface area contributed by atoms with Gasteiger partial charge < -0.3 is 14.8 Å². The van der Waals surface area contributed by atoms with Crippen molar-refractivity contribution in [1.29, 1.82) is 5.26 Å². The number of hydrogen-bond donors (Lipinski definition) is 1. The van der Waals surface area contributed by atoms with E-state index in [-0.39, 0.29) is 18.0 Å². The number of carbonyl (C=O) groups excluding carboxylic acids is 1. The van der Waals surface area contributed by atoms with Crippen molar-refractivity contribution >= 4 is 17.7 Å². The number of ether oxygens (including phenoxy) is 2. The highest BCUT2D eigenvalue weighted by Gasteiger charge is 2.12. The Balaban J connectivity index is 1.75. The standard InChI is InChI=1S/C26H23FN2O3/c1-17-4-10-23(12-18(17)2)29-26(30)21(15-28)13-20-7-11-24(25(14-20)31-3)32-16-19-5-8-22(27)9-6-19/h4-14H,16H2,1-3H3,(H,29,30)/b21-13+. The normalized spacial score (nSPS) is 10.9. The van der Waals surface area contributed by atoms with Crippen LogP contribution in [0.5, 0.6) is 11.5 Å². The van der Waals surface area contributed by atoms with E-state index < -0.39 is 5.91 Å². The molecule has 32 heavy (non-hydrogen) atoms. The molecule has 0 bridgehead atoms. The molecule has 0 saturated heterocycles. The van der Waals surface area contributed by atoms with Gasteiger partial charge in [-0.1, -0.05) is 24.3 Å². The average molecular weight is 430 g/mol. The third-order valence-corrected chi connectivity index (χ3v) is 4.94. The zero-order valence-electron chi connectivity index (χ0n) is 18.1. The Labute approximate surface area is 186 Å². The van der Waals surface area contributed by atoms with E-state index >= 15 is 0 Å². The Hall–Kier alpha value is -4.11. The smallest absolute Gasteiger partial charge is 0.266 e. The second kappa shape index (κ2) is 10.3. The second-order valence-electron chi connectivity index (χ2n) is 7.25. The molecule has 0 spiro atoms. The third-order valence-electron chi connectivity index (χ3n) is 4.94. The topological polar surface area (TPSA) is 71.3 Å². The van der Waals surface area contributed by atoms with Gasteiger partial charge in [0, 0.05) is 5.69 Å². The minimum Gasteiger partial charge on any atom is -0.493 e. The van der Waals surface area contributed by atoms with E-state index in [0.29, 0.717) is 22.7 Å². The van der Waals surface area contributed by atoms with Gasteiger partial charge in [0.2, 0.25) is 0 Å². The molecule has 0 radical (unpaired) electrons. The number of amides is 1. The first-order valence-electron chi connectivity index (χ1n) is 9.95. The maximum absolute atomic E-state index is 13.0. The first kappa shape index (κ1) is 22.6. The summed E-state index contributed by atoms with van der Waals surface area (Å²) in [5.74, 6) is 0.142. The predicted molar refractivity (Wildman–Crippen MR) is 122 cm³/mol. The molecule has 0 aliphatic carbocycles. The summed E-state index contributed by atoms with van der Waals surface area (Å²) in [5.41, 5.74) is 4.18. The summed E-state index contributed by atoms with van der Waals surface area (Å²) in [6, 6.07) is 18.7. The van der Waals surface area contributed by atoms with Crippen molar-refractivity contribution in [1.82, 2.24) is 0 Å². The molecule has 0 aliphatic heterocycles. The van der Waals surface area contributed by atoms with E-state index in [1.807, 2.05) is 32.0 Å². The molecule has 6 heteroatoms. The largest absolute Gasteiger partial charge is 0.493 e. The Morgan fingerprint density at radius 1 is 1.03 bits per heavy atom. The van der Waals surface area contributed by atoms with Crippen molar-refractivity contribution < 1.29 is 18.7 Å². The molecule has 0 aromatic heterocycles. The quantitative estimate of drug-likeness (QED) is 0.393. The Bertz CT molecular complexity index is 1190. The number of nitrogens with one attached hydrogen (secondary N) is 1.